The van der Waals surface area contributed by atoms with E-state index in [4.69, 9.17) is 0 Å². The van der Waals surface area contributed by atoms with Crippen molar-refractivity contribution in [3.8, 4) is 0 Å². The molecule has 1 atom stereocenters. The highest BCUT2D eigenvalue weighted by molar-refractivity contribution is 7.12. The number of amides is 2. The molecule has 104 valence electrons. The van der Waals surface area contributed by atoms with Gasteiger partial charge in [0.2, 0.25) is 0 Å². The molecule has 2 amide bonds. The van der Waals surface area contributed by atoms with Crippen LogP contribution < -0.4 is 16.2 Å². The van der Waals surface area contributed by atoms with E-state index in [1.165, 1.54) is 11.3 Å². The van der Waals surface area contributed by atoms with E-state index in [0.717, 1.165) is 19.6 Å². The number of rotatable bonds is 3. The summed E-state index contributed by atoms with van der Waals surface area (Å²) in [7, 11) is 0. The molecule has 1 saturated heterocycles. The minimum atomic E-state index is -0.281. The van der Waals surface area contributed by atoms with Crippen molar-refractivity contribution < 1.29 is 9.59 Å². The zero-order valence-electron chi connectivity index (χ0n) is 10.8. The van der Waals surface area contributed by atoms with Gasteiger partial charge in [-0.05, 0) is 18.4 Å². The number of nitrogens with zero attached hydrogens (tertiary/aromatic N) is 1. The Morgan fingerprint density at radius 1 is 1.53 bits per heavy atom. The molecule has 1 aliphatic heterocycles. The Labute approximate surface area is 116 Å². The van der Waals surface area contributed by atoms with E-state index in [0.29, 0.717) is 17.5 Å². The van der Waals surface area contributed by atoms with E-state index in [-0.39, 0.29) is 11.8 Å². The van der Waals surface area contributed by atoms with Crippen LogP contribution in [0.5, 0.6) is 0 Å². The highest BCUT2D eigenvalue weighted by Gasteiger charge is 2.20. The lowest BCUT2D eigenvalue weighted by Gasteiger charge is -2.33. The maximum atomic E-state index is 11.7. The summed E-state index contributed by atoms with van der Waals surface area (Å²) in [6.45, 7) is 4.98. The number of piperazine rings is 1. The van der Waals surface area contributed by atoms with Crippen molar-refractivity contribution in [1.29, 1.82) is 0 Å². The Morgan fingerprint density at radius 3 is 3.05 bits per heavy atom. The Kier molecular flexibility index (Phi) is 4.89. The third-order valence-corrected chi connectivity index (χ3v) is 3.91. The van der Waals surface area contributed by atoms with Crippen LogP contribution >= 0.6 is 11.3 Å². The molecule has 0 bridgehead atoms. The smallest absolute Gasteiger partial charge is 0.279 e. The van der Waals surface area contributed by atoms with Crippen molar-refractivity contribution in [3.63, 3.8) is 0 Å². The van der Waals surface area contributed by atoms with Gasteiger partial charge in [-0.3, -0.25) is 25.3 Å². The van der Waals surface area contributed by atoms with Gasteiger partial charge in [-0.2, -0.15) is 0 Å². The van der Waals surface area contributed by atoms with Crippen molar-refractivity contribution in [2.45, 2.75) is 13.0 Å². The van der Waals surface area contributed by atoms with Gasteiger partial charge in [0.1, 0.15) is 0 Å². The van der Waals surface area contributed by atoms with Gasteiger partial charge in [-0.1, -0.05) is 6.07 Å². The second-order valence-corrected chi connectivity index (χ2v) is 5.45. The molecule has 1 aromatic heterocycles. The van der Waals surface area contributed by atoms with E-state index >= 15 is 0 Å². The van der Waals surface area contributed by atoms with Crippen LogP contribution in [-0.2, 0) is 4.79 Å². The molecule has 7 heteroatoms. The van der Waals surface area contributed by atoms with E-state index in [2.05, 4.69) is 28.0 Å². The number of hydrogen-bond donors (Lipinski definition) is 3. The molecule has 0 saturated carbocycles. The summed E-state index contributed by atoms with van der Waals surface area (Å²) >= 11 is 1.34. The lowest BCUT2D eigenvalue weighted by Crippen LogP contribution is -2.54. The number of thiophene rings is 1. The lowest BCUT2D eigenvalue weighted by atomic mass is 10.2. The number of carbonyl (C=O) groups is 2. The van der Waals surface area contributed by atoms with E-state index in [1.54, 1.807) is 12.1 Å². The van der Waals surface area contributed by atoms with Gasteiger partial charge in [-0.15, -0.1) is 11.3 Å². The molecule has 2 heterocycles. The number of nitrogens with one attached hydrogen (secondary N) is 3. The Hall–Kier alpha value is -1.44. The number of carbonyl (C=O) groups excluding carboxylic acids is 2. The molecule has 2 rings (SSSR count). The average Bonchev–Trinajstić information content (AvgIpc) is 2.93. The molecule has 0 radical (unpaired) electrons. The minimum Gasteiger partial charge on any atom is -0.314 e. The van der Waals surface area contributed by atoms with Crippen molar-refractivity contribution in [1.82, 2.24) is 21.1 Å². The van der Waals surface area contributed by atoms with Crippen molar-refractivity contribution in [3.05, 3.63) is 22.4 Å². The van der Waals surface area contributed by atoms with Crippen molar-refractivity contribution >= 4 is 23.2 Å². The van der Waals surface area contributed by atoms with Crippen molar-refractivity contribution in [2.75, 3.05) is 26.2 Å². The minimum absolute atomic E-state index is 0.196. The van der Waals surface area contributed by atoms with Crippen LogP contribution in [0.25, 0.3) is 0 Å². The van der Waals surface area contributed by atoms with Gasteiger partial charge < -0.3 is 5.32 Å². The van der Waals surface area contributed by atoms with Crippen LogP contribution in [0.15, 0.2) is 17.5 Å². The quantitative estimate of drug-likeness (QED) is 0.672. The Balaban J connectivity index is 1.74. The topological polar surface area (TPSA) is 73.5 Å². The second kappa shape index (κ2) is 6.65. The lowest BCUT2D eigenvalue weighted by molar-refractivity contribution is -0.123. The molecule has 19 heavy (non-hydrogen) atoms. The Morgan fingerprint density at radius 2 is 2.37 bits per heavy atom. The summed E-state index contributed by atoms with van der Waals surface area (Å²) < 4.78 is 0. The summed E-state index contributed by atoms with van der Waals surface area (Å²) in [6.07, 6.45) is 0. The van der Waals surface area contributed by atoms with Crippen LogP contribution in [0.3, 0.4) is 0 Å². The van der Waals surface area contributed by atoms with Crippen LogP contribution in [-0.4, -0.2) is 48.9 Å². The SMILES string of the molecule is C[C@H]1CNCCN1CC(=O)NNC(=O)c1cccs1. The molecule has 1 aromatic rings. The fourth-order valence-electron chi connectivity index (χ4n) is 1.94. The van der Waals surface area contributed by atoms with Gasteiger partial charge >= 0.3 is 0 Å². The third kappa shape index (κ3) is 4.02. The molecule has 0 aliphatic carbocycles. The van der Waals surface area contributed by atoms with Gasteiger partial charge in [0, 0.05) is 25.7 Å². The zero-order chi connectivity index (χ0) is 13.7. The largest absolute Gasteiger partial charge is 0.314 e. The highest BCUT2D eigenvalue weighted by Crippen LogP contribution is 2.07. The van der Waals surface area contributed by atoms with Crippen LogP contribution in [0.2, 0.25) is 0 Å². The standard InChI is InChI=1S/C12H18N4O2S/c1-9-7-13-4-5-16(9)8-11(17)14-15-12(18)10-3-2-6-19-10/h2-3,6,9,13H,4-5,7-8H2,1H3,(H,14,17)(H,15,18)/t9-/m0/s1. The van der Waals surface area contributed by atoms with E-state index < -0.39 is 0 Å². The van der Waals surface area contributed by atoms with Crippen LogP contribution in [0.4, 0.5) is 0 Å². The van der Waals surface area contributed by atoms with E-state index in [9.17, 15) is 9.59 Å². The molecule has 6 nitrogen and oxygen atoms in total. The van der Waals surface area contributed by atoms with Gasteiger partial charge in [0.15, 0.2) is 0 Å². The Bertz CT molecular complexity index is 435. The maximum Gasteiger partial charge on any atom is 0.279 e. The van der Waals surface area contributed by atoms with E-state index in [1.807, 2.05) is 5.38 Å². The molecule has 0 aromatic carbocycles. The van der Waals surface area contributed by atoms with Gasteiger partial charge in [0.05, 0.1) is 11.4 Å². The molecule has 0 spiro atoms. The maximum absolute atomic E-state index is 11.7. The fourth-order valence-corrected chi connectivity index (χ4v) is 2.56. The van der Waals surface area contributed by atoms with Gasteiger partial charge in [0.25, 0.3) is 11.8 Å². The summed E-state index contributed by atoms with van der Waals surface area (Å²) in [5, 5.41) is 5.08. The first-order chi connectivity index (χ1) is 9.16. The highest BCUT2D eigenvalue weighted by atomic mass is 32.1. The predicted octanol–water partition coefficient (Wildman–Crippen LogP) is -0.197. The molecule has 0 unspecified atom stereocenters. The molecule has 1 fully saturated rings. The first-order valence-electron chi connectivity index (χ1n) is 6.24. The number of hydrogen-bond acceptors (Lipinski definition) is 5. The van der Waals surface area contributed by atoms with Crippen LogP contribution in [0, 0.1) is 0 Å². The fraction of sp³-hybridized carbons (Fsp3) is 0.500. The van der Waals surface area contributed by atoms with Gasteiger partial charge in [-0.25, -0.2) is 0 Å². The average molecular weight is 282 g/mol. The summed E-state index contributed by atoms with van der Waals surface area (Å²) in [5.74, 6) is -0.477. The normalized spacial score (nSPS) is 19.9. The molecule has 1 aliphatic rings. The predicted molar refractivity (Wildman–Crippen MR) is 73.8 cm³/mol. The number of hydrazine groups is 1. The monoisotopic (exact) mass is 282 g/mol. The molecule has 3 N–H and O–H groups in total. The second-order valence-electron chi connectivity index (χ2n) is 4.50. The zero-order valence-corrected chi connectivity index (χ0v) is 11.6. The van der Waals surface area contributed by atoms with Crippen LogP contribution in [0.1, 0.15) is 16.6 Å². The third-order valence-electron chi connectivity index (χ3n) is 3.05. The summed E-state index contributed by atoms with van der Waals surface area (Å²) in [4.78, 5) is 26.0. The molecular formula is C12H18N4O2S. The first-order valence-corrected chi connectivity index (χ1v) is 7.12. The van der Waals surface area contributed by atoms with Crippen molar-refractivity contribution in [2.24, 2.45) is 0 Å². The molecular weight excluding hydrogens is 264 g/mol. The first kappa shape index (κ1) is 14.0. The summed E-state index contributed by atoms with van der Waals surface area (Å²) in [5.41, 5.74) is 4.86. The summed E-state index contributed by atoms with van der Waals surface area (Å²) in [6, 6.07) is 3.83.